The molecule has 0 atom stereocenters. The lowest BCUT2D eigenvalue weighted by molar-refractivity contribution is 0.0965. The number of alkyl halides is 2. The highest BCUT2D eigenvalue weighted by Gasteiger charge is 2.25. The lowest BCUT2D eigenvalue weighted by Crippen LogP contribution is -2.12. The van der Waals surface area contributed by atoms with Crippen LogP contribution in [0.1, 0.15) is 33.5 Å². The summed E-state index contributed by atoms with van der Waals surface area (Å²) in [4.78, 5) is 11.3. The van der Waals surface area contributed by atoms with Gasteiger partial charge in [-0.1, -0.05) is 0 Å². The Kier molecular flexibility index (Phi) is 2.40. The summed E-state index contributed by atoms with van der Waals surface area (Å²) in [6.07, 6.45) is -2.63. The van der Waals surface area contributed by atoms with E-state index in [0.29, 0.717) is 11.1 Å². The van der Waals surface area contributed by atoms with E-state index in [4.69, 9.17) is 5.11 Å². The fraction of sp³-hybridized carbons (Fsp3) is 0.300. The summed E-state index contributed by atoms with van der Waals surface area (Å²) >= 11 is 0. The molecule has 0 saturated heterocycles. The van der Waals surface area contributed by atoms with Crippen LogP contribution in [0.2, 0.25) is 0 Å². The number of aliphatic hydroxyl groups excluding tert-OH is 1. The van der Waals surface area contributed by atoms with E-state index < -0.39 is 6.43 Å². The Balaban J connectivity index is 2.60. The zero-order valence-electron chi connectivity index (χ0n) is 7.76. The van der Waals surface area contributed by atoms with Crippen LogP contribution in [-0.4, -0.2) is 11.0 Å². The van der Waals surface area contributed by atoms with Crippen LogP contribution in [0.4, 0.5) is 8.78 Å². The van der Waals surface area contributed by atoms with Crippen molar-refractivity contribution in [3.63, 3.8) is 0 Å². The lowest BCUT2D eigenvalue weighted by Gasteiger charge is -2.08. The number of fused-ring (bicyclic) bond motifs is 1. The van der Waals surface area contributed by atoms with Gasteiger partial charge in [0.25, 0.3) is 12.3 Å². The van der Waals surface area contributed by atoms with Crippen molar-refractivity contribution in [3.8, 4) is 0 Å². The molecule has 2 rings (SSSR count). The third kappa shape index (κ3) is 1.59. The quantitative estimate of drug-likeness (QED) is 0.779. The Labute approximate surface area is 84.7 Å². The summed E-state index contributed by atoms with van der Waals surface area (Å²) in [6.45, 7) is -0.209. The Morgan fingerprint density at radius 1 is 1.47 bits per heavy atom. The van der Waals surface area contributed by atoms with Crippen molar-refractivity contribution in [2.75, 3.05) is 0 Å². The Bertz CT molecular complexity index is 418. The van der Waals surface area contributed by atoms with E-state index in [2.05, 4.69) is 5.32 Å². The molecule has 0 radical (unpaired) electrons. The van der Waals surface area contributed by atoms with Gasteiger partial charge in [-0.3, -0.25) is 4.79 Å². The maximum absolute atomic E-state index is 12.6. The van der Waals surface area contributed by atoms with Crippen LogP contribution in [0.5, 0.6) is 0 Å². The molecule has 5 heteroatoms. The molecular formula is C10H9F2NO2. The second kappa shape index (κ2) is 3.58. The molecule has 1 aromatic carbocycles. The normalized spacial score (nSPS) is 14.3. The molecule has 0 fully saturated rings. The van der Waals surface area contributed by atoms with Crippen molar-refractivity contribution in [3.05, 3.63) is 34.4 Å². The first-order chi connectivity index (χ1) is 7.13. The number of carbonyl (C=O) groups excluding carboxylic acids is 1. The van der Waals surface area contributed by atoms with E-state index >= 15 is 0 Å². The molecule has 1 aliphatic heterocycles. The van der Waals surface area contributed by atoms with Gasteiger partial charge in [0.1, 0.15) is 0 Å². The predicted octanol–water partition coefficient (Wildman–Crippen LogP) is 1.36. The van der Waals surface area contributed by atoms with Crippen molar-refractivity contribution in [1.29, 1.82) is 0 Å². The highest BCUT2D eigenvalue weighted by molar-refractivity contribution is 5.98. The zero-order chi connectivity index (χ0) is 11.0. The standard InChI is InChI=1S/C10H9F2NO2/c11-9(12)6-1-5(4-14)2-7-8(6)3-13-10(7)15/h1-2,9,14H,3-4H2,(H,13,15). The van der Waals surface area contributed by atoms with E-state index in [1.165, 1.54) is 12.1 Å². The first-order valence-electron chi connectivity index (χ1n) is 4.46. The van der Waals surface area contributed by atoms with Crippen LogP contribution in [0, 0.1) is 0 Å². The van der Waals surface area contributed by atoms with Gasteiger partial charge in [0, 0.05) is 17.7 Å². The topological polar surface area (TPSA) is 49.3 Å². The summed E-state index contributed by atoms with van der Waals surface area (Å²) in [7, 11) is 0. The number of nitrogens with one attached hydrogen (secondary N) is 1. The zero-order valence-corrected chi connectivity index (χ0v) is 7.76. The molecule has 0 saturated carbocycles. The van der Waals surface area contributed by atoms with Crippen molar-refractivity contribution in [2.24, 2.45) is 0 Å². The predicted molar refractivity (Wildman–Crippen MR) is 48.5 cm³/mol. The highest BCUT2D eigenvalue weighted by atomic mass is 19.3. The number of hydrogen-bond acceptors (Lipinski definition) is 2. The molecule has 0 spiro atoms. The summed E-state index contributed by atoms with van der Waals surface area (Å²) in [5.41, 5.74) is 0.750. The van der Waals surface area contributed by atoms with Crippen LogP contribution < -0.4 is 5.32 Å². The maximum atomic E-state index is 12.6. The molecule has 3 nitrogen and oxygen atoms in total. The van der Waals surface area contributed by atoms with Gasteiger partial charge in [0.05, 0.1) is 6.61 Å². The van der Waals surface area contributed by atoms with Gasteiger partial charge in [0.2, 0.25) is 0 Å². The fourth-order valence-electron chi connectivity index (χ4n) is 1.71. The first kappa shape index (κ1) is 10.0. The van der Waals surface area contributed by atoms with Crippen LogP contribution in [0.15, 0.2) is 12.1 Å². The first-order valence-corrected chi connectivity index (χ1v) is 4.46. The summed E-state index contributed by atoms with van der Waals surface area (Å²) < 4.78 is 25.3. The molecule has 0 bridgehead atoms. The summed E-state index contributed by atoms with van der Waals surface area (Å²) in [5.74, 6) is -0.359. The second-order valence-corrected chi connectivity index (χ2v) is 3.35. The number of carbonyl (C=O) groups is 1. The number of amides is 1. The number of hydrogen-bond donors (Lipinski definition) is 2. The Hall–Kier alpha value is -1.49. The van der Waals surface area contributed by atoms with E-state index in [1.54, 1.807) is 0 Å². The van der Waals surface area contributed by atoms with Crippen molar-refractivity contribution >= 4 is 5.91 Å². The Morgan fingerprint density at radius 2 is 2.20 bits per heavy atom. The second-order valence-electron chi connectivity index (χ2n) is 3.35. The molecule has 1 aliphatic rings. The van der Waals surface area contributed by atoms with Crippen LogP contribution in [0.25, 0.3) is 0 Å². The highest BCUT2D eigenvalue weighted by Crippen LogP contribution is 2.29. The summed E-state index contributed by atoms with van der Waals surface area (Å²) in [6, 6.07) is 2.69. The minimum atomic E-state index is -2.63. The van der Waals surface area contributed by atoms with Gasteiger partial charge < -0.3 is 10.4 Å². The monoisotopic (exact) mass is 213 g/mol. The third-order valence-electron chi connectivity index (χ3n) is 2.43. The molecule has 2 N–H and O–H groups in total. The van der Waals surface area contributed by atoms with E-state index in [0.717, 1.165) is 0 Å². The largest absolute Gasteiger partial charge is 0.392 e. The van der Waals surface area contributed by atoms with Crippen molar-refractivity contribution in [2.45, 2.75) is 19.6 Å². The molecule has 0 aromatic heterocycles. The summed E-state index contributed by atoms with van der Waals surface area (Å²) in [5, 5.41) is 11.4. The Morgan fingerprint density at radius 3 is 2.80 bits per heavy atom. The number of halogens is 2. The minimum absolute atomic E-state index is 0.138. The van der Waals surface area contributed by atoms with E-state index in [-0.39, 0.29) is 30.2 Å². The van der Waals surface area contributed by atoms with E-state index in [1.807, 2.05) is 0 Å². The smallest absolute Gasteiger partial charge is 0.264 e. The molecule has 0 unspecified atom stereocenters. The number of rotatable bonds is 2. The van der Waals surface area contributed by atoms with Crippen LogP contribution in [0.3, 0.4) is 0 Å². The lowest BCUT2D eigenvalue weighted by atomic mass is 10.00. The van der Waals surface area contributed by atoms with E-state index in [9.17, 15) is 13.6 Å². The number of aliphatic hydroxyl groups is 1. The SMILES string of the molecule is O=C1NCc2c1cc(CO)cc2C(F)F. The fourth-order valence-corrected chi connectivity index (χ4v) is 1.71. The maximum Gasteiger partial charge on any atom is 0.264 e. The number of benzene rings is 1. The van der Waals surface area contributed by atoms with Gasteiger partial charge in [-0.05, 0) is 23.3 Å². The average Bonchev–Trinajstić information content (AvgIpc) is 2.59. The van der Waals surface area contributed by atoms with Gasteiger partial charge >= 0.3 is 0 Å². The molecule has 15 heavy (non-hydrogen) atoms. The van der Waals surface area contributed by atoms with Gasteiger partial charge in [-0.2, -0.15) is 0 Å². The van der Waals surface area contributed by atoms with Gasteiger partial charge in [-0.15, -0.1) is 0 Å². The van der Waals surface area contributed by atoms with Gasteiger partial charge in [0.15, 0.2) is 0 Å². The van der Waals surface area contributed by atoms with Crippen molar-refractivity contribution < 1.29 is 18.7 Å². The molecule has 0 aliphatic carbocycles. The molecule has 1 amide bonds. The molecule has 80 valence electrons. The van der Waals surface area contributed by atoms with Gasteiger partial charge in [-0.25, -0.2) is 8.78 Å². The average molecular weight is 213 g/mol. The molecule has 1 heterocycles. The minimum Gasteiger partial charge on any atom is -0.392 e. The third-order valence-corrected chi connectivity index (χ3v) is 2.43. The van der Waals surface area contributed by atoms with Crippen LogP contribution >= 0.6 is 0 Å². The molecular weight excluding hydrogens is 204 g/mol. The van der Waals surface area contributed by atoms with Crippen molar-refractivity contribution in [1.82, 2.24) is 5.32 Å². The molecule has 1 aromatic rings. The van der Waals surface area contributed by atoms with Crippen LogP contribution in [-0.2, 0) is 13.2 Å².